The molecule has 0 bridgehead atoms. The van der Waals surface area contributed by atoms with Gasteiger partial charge in [-0.25, -0.2) is 0 Å². The van der Waals surface area contributed by atoms with Crippen molar-refractivity contribution >= 4 is 12.3 Å². The van der Waals surface area contributed by atoms with E-state index in [-0.39, 0.29) is 12.5 Å². The maximum Gasteiger partial charge on any atom is 0.264 e. The first-order valence-corrected chi connectivity index (χ1v) is 5.13. The fourth-order valence-electron chi connectivity index (χ4n) is 1.44. The van der Waals surface area contributed by atoms with E-state index in [2.05, 4.69) is 6.58 Å². The highest BCUT2D eigenvalue weighted by atomic mass is 16.5. The van der Waals surface area contributed by atoms with E-state index in [0.29, 0.717) is 17.7 Å². The Morgan fingerprint density at radius 2 is 2.12 bits per heavy atom. The number of benzene rings is 1. The van der Waals surface area contributed by atoms with Crippen molar-refractivity contribution in [2.45, 2.75) is 6.92 Å². The Morgan fingerprint density at radius 3 is 2.65 bits per heavy atom. The lowest BCUT2D eigenvalue weighted by Crippen LogP contribution is -2.30. The molecule has 0 spiro atoms. The Balaban J connectivity index is 2.98. The number of carbonyl (C=O) groups is 2. The van der Waals surface area contributed by atoms with Crippen LogP contribution in [0.4, 0.5) is 0 Å². The Labute approximate surface area is 100 Å². The molecule has 0 heterocycles. The quantitative estimate of drug-likeness (QED) is 0.728. The smallest absolute Gasteiger partial charge is 0.264 e. The average molecular weight is 233 g/mol. The Kier molecular flexibility index (Phi) is 4.60. The molecule has 0 saturated carbocycles. The minimum absolute atomic E-state index is 0.135. The second kappa shape index (κ2) is 5.96. The number of imide groups is 1. The van der Waals surface area contributed by atoms with Gasteiger partial charge in [0, 0.05) is 18.4 Å². The SMILES string of the molecule is C=C(COC)N(C=O)C(=O)c1ccccc1C. The van der Waals surface area contributed by atoms with Crippen LogP contribution < -0.4 is 0 Å². The summed E-state index contributed by atoms with van der Waals surface area (Å²) in [6.07, 6.45) is 0.454. The molecule has 0 fully saturated rings. The van der Waals surface area contributed by atoms with E-state index >= 15 is 0 Å². The van der Waals surface area contributed by atoms with Crippen molar-refractivity contribution in [2.24, 2.45) is 0 Å². The van der Waals surface area contributed by atoms with Crippen molar-refractivity contribution in [3.05, 3.63) is 47.7 Å². The number of carbonyl (C=O) groups excluding carboxylic acids is 2. The summed E-state index contributed by atoms with van der Waals surface area (Å²) in [6.45, 7) is 5.59. The van der Waals surface area contributed by atoms with Crippen LogP contribution in [0.25, 0.3) is 0 Å². The van der Waals surface area contributed by atoms with Crippen LogP contribution in [-0.2, 0) is 9.53 Å². The second-order valence-electron chi connectivity index (χ2n) is 3.59. The predicted molar refractivity (Wildman–Crippen MR) is 64.4 cm³/mol. The van der Waals surface area contributed by atoms with Crippen LogP contribution in [0.1, 0.15) is 15.9 Å². The van der Waals surface area contributed by atoms with Crippen molar-refractivity contribution in [3.8, 4) is 0 Å². The monoisotopic (exact) mass is 233 g/mol. The number of rotatable bonds is 5. The Hall–Kier alpha value is -1.94. The van der Waals surface area contributed by atoms with E-state index in [9.17, 15) is 9.59 Å². The molecule has 0 saturated heterocycles. The summed E-state index contributed by atoms with van der Waals surface area (Å²) < 4.78 is 4.85. The zero-order valence-corrected chi connectivity index (χ0v) is 9.97. The zero-order chi connectivity index (χ0) is 12.8. The molecule has 1 rings (SSSR count). The van der Waals surface area contributed by atoms with Crippen LogP contribution in [0.3, 0.4) is 0 Å². The van der Waals surface area contributed by atoms with Gasteiger partial charge in [0.25, 0.3) is 5.91 Å². The van der Waals surface area contributed by atoms with Gasteiger partial charge < -0.3 is 4.74 Å². The summed E-state index contributed by atoms with van der Waals surface area (Å²) in [5, 5.41) is 0. The number of nitrogens with zero attached hydrogens (tertiary/aromatic N) is 1. The van der Waals surface area contributed by atoms with Gasteiger partial charge in [0.05, 0.1) is 6.61 Å². The van der Waals surface area contributed by atoms with E-state index in [1.54, 1.807) is 12.1 Å². The fourth-order valence-corrected chi connectivity index (χ4v) is 1.44. The lowest BCUT2D eigenvalue weighted by atomic mass is 10.1. The molecule has 0 aromatic heterocycles. The highest BCUT2D eigenvalue weighted by Crippen LogP contribution is 2.12. The van der Waals surface area contributed by atoms with Crippen molar-refractivity contribution in [1.29, 1.82) is 0 Å². The first kappa shape index (κ1) is 13.1. The Morgan fingerprint density at radius 1 is 1.47 bits per heavy atom. The molecule has 2 amide bonds. The van der Waals surface area contributed by atoms with Crippen LogP contribution in [-0.4, -0.2) is 30.9 Å². The minimum atomic E-state index is -0.389. The molecule has 1 aromatic rings. The van der Waals surface area contributed by atoms with E-state index in [1.165, 1.54) is 7.11 Å². The molecule has 17 heavy (non-hydrogen) atoms. The third-order valence-electron chi connectivity index (χ3n) is 2.35. The minimum Gasteiger partial charge on any atom is -0.378 e. The molecular formula is C13H15NO3. The van der Waals surface area contributed by atoms with E-state index in [4.69, 9.17) is 4.74 Å². The van der Waals surface area contributed by atoms with Crippen molar-refractivity contribution in [1.82, 2.24) is 4.90 Å². The van der Waals surface area contributed by atoms with Gasteiger partial charge in [-0.05, 0) is 18.6 Å². The van der Waals surface area contributed by atoms with Gasteiger partial charge in [0.15, 0.2) is 0 Å². The molecule has 0 atom stereocenters. The zero-order valence-electron chi connectivity index (χ0n) is 9.97. The molecule has 0 N–H and O–H groups in total. The molecule has 4 heteroatoms. The van der Waals surface area contributed by atoms with Gasteiger partial charge in [-0.1, -0.05) is 24.8 Å². The lowest BCUT2D eigenvalue weighted by molar-refractivity contribution is -0.114. The molecule has 0 aliphatic heterocycles. The maximum atomic E-state index is 12.1. The number of hydrogen-bond donors (Lipinski definition) is 0. The largest absolute Gasteiger partial charge is 0.378 e. The highest BCUT2D eigenvalue weighted by Gasteiger charge is 2.19. The number of ether oxygens (including phenoxy) is 1. The first-order valence-electron chi connectivity index (χ1n) is 5.13. The van der Waals surface area contributed by atoms with Crippen molar-refractivity contribution in [3.63, 3.8) is 0 Å². The number of aryl methyl sites for hydroxylation is 1. The van der Waals surface area contributed by atoms with Crippen molar-refractivity contribution < 1.29 is 14.3 Å². The number of methoxy groups -OCH3 is 1. The van der Waals surface area contributed by atoms with Gasteiger partial charge in [-0.2, -0.15) is 0 Å². The van der Waals surface area contributed by atoms with Gasteiger partial charge in [0.1, 0.15) is 0 Å². The summed E-state index contributed by atoms with van der Waals surface area (Å²) in [5.74, 6) is -0.389. The van der Waals surface area contributed by atoms with Gasteiger partial charge in [-0.3, -0.25) is 14.5 Å². The number of hydrogen-bond acceptors (Lipinski definition) is 3. The molecule has 90 valence electrons. The average Bonchev–Trinajstić information content (AvgIpc) is 2.30. The fraction of sp³-hybridized carbons (Fsp3) is 0.231. The third-order valence-corrected chi connectivity index (χ3v) is 2.35. The summed E-state index contributed by atoms with van der Waals surface area (Å²) in [7, 11) is 1.48. The number of amides is 2. The van der Waals surface area contributed by atoms with E-state index in [0.717, 1.165) is 10.5 Å². The standard InChI is InChI=1S/C13H15NO3/c1-10-6-4-5-7-12(10)13(16)14(9-15)11(2)8-17-3/h4-7,9H,2,8H2,1,3H3. The predicted octanol–water partition coefficient (Wildman–Crippen LogP) is 1.75. The van der Waals surface area contributed by atoms with Crippen LogP contribution in [0.5, 0.6) is 0 Å². The summed E-state index contributed by atoms with van der Waals surface area (Å²) in [5.41, 5.74) is 1.61. The van der Waals surface area contributed by atoms with Crippen LogP contribution in [0.2, 0.25) is 0 Å². The third kappa shape index (κ3) is 3.01. The van der Waals surface area contributed by atoms with Gasteiger partial charge in [-0.15, -0.1) is 0 Å². The Bertz CT molecular complexity index is 440. The van der Waals surface area contributed by atoms with E-state index < -0.39 is 0 Å². The summed E-state index contributed by atoms with van der Waals surface area (Å²) >= 11 is 0. The molecular weight excluding hydrogens is 218 g/mol. The lowest BCUT2D eigenvalue weighted by Gasteiger charge is -2.18. The van der Waals surface area contributed by atoms with Crippen LogP contribution in [0, 0.1) is 6.92 Å². The van der Waals surface area contributed by atoms with Crippen molar-refractivity contribution in [2.75, 3.05) is 13.7 Å². The second-order valence-corrected chi connectivity index (χ2v) is 3.59. The molecule has 0 aliphatic carbocycles. The van der Waals surface area contributed by atoms with Gasteiger partial charge in [0.2, 0.25) is 6.41 Å². The van der Waals surface area contributed by atoms with Gasteiger partial charge >= 0.3 is 0 Å². The van der Waals surface area contributed by atoms with Crippen LogP contribution >= 0.6 is 0 Å². The molecule has 0 radical (unpaired) electrons. The molecule has 1 aromatic carbocycles. The highest BCUT2D eigenvalue weighted by molar-refractivity contribution is 6.02. The summed E-state index contributed by atoms with van der Waals surface area (Å²) in [6, 6.07) is 7.08. The molecule has 4 nitrogen and oxygen atoms in total. The maximum absolute atomic E-state index is 12.1. The molecule has 0 unspecified atom stereocenters. The topological polar surface area (TPSA) is 46.6 Å². The van der Waals surface area contributed by atoms with Crippen LogP contribution in [0.15, 0.2) is 36.5 Å². The summed E-state index contributed by atoms with van der Waals surface area (Å²) in [4.78, 5) is 24.0. The first-order chi connectivity index (χ1) is 8.11. The normalized spacial score (nSPS) is 9.76. The molecule has 0 aliphatic rings. The van der Waals surface area contributed by atoms with E-state index in [1.807, 2.05) is 19.1 Å².